The monoisotopic (exact) mass is 804 g/mol. The van der Waals surface area contributed by atoms with Crippen molar-refractivity contribution in [1.82, 2.24) is 10.7 Å². The van der Waals surface area contributed by atoms with Gasteiger partial charge in [0.2, 0.25) is 34.8 Å². The number of nitrogens with zero attached hydrogens (tertiary/aromatic N) is 1. The Morgan fingerprint density at radius 3 is 1.93 bits per heavy atom. The van der Waals surface area contributed by atoms with E-state index in [2.05, 4.69) is 41.1 Å². The van der Waals surface area contributed by atoms with Crippen LogP contribution in [0, 0.1) is 40.4 Å². The van der Waals surface area contributed by atoms with Crippen molar-refractivity contribution < 1.29 is 70.5 Å². The number of benzene rings is 1. The highest BCUT2D eigenvalue weighted by atomic mass is 19.2. The minimum absolute atomic E-state index is 0.0894. The SMILES string of the molecule is C=N.CCC(C)/C(=C\NCCOCCOCCOCCOCCC(=O)Oc1c(F)c(F)c(F)c(F)c1F)CCO.N/N=C(/CCC1CC(O)C(O)CO1)NN. The Morgan fingerprint density at radius 2 is 1.44 bits per heavy atom. The summed E-state index contributed by atoms with van der Waals surface area (Å²) in [6, 6.07) is 0. The number of hydrazone groups is 1. The maximum absolute atomic E-state index is 13.5. The summed E-state index contributed by atoms with van der Waals surface area (Å²) in [7, 11) is 0. The predicted octanol–water partition coefficient (Wildman–Crippen LogP) is 1.92. The van der Waals surface area contributed by atoms with E-state index in [1.54, 1.807) is 0 Å². The second-order valence-corrected chi connectivity index (χ2v) is 11.6. The van der Waals surface area contributed by atoms with E-state index in [9.17, 15) is 37.0 Å². The molecule has 0 amide bonds. The van der Waals surface area contributed by atoms with Crippen molar-refractivity contribution in [2.45, 2.75) is 70.7 Å². The third-order valence-corrected chi connectivity index (χ3v) is 7.75. The third kappa shape index (κ3) is 21.4. The molecule has 21 heteroatoms. The molecule has 1 heterocycles. The standard InChI is InChI=1S/C25H36F5NO7.C8H18N4O3.CH3N/c1-3-17(2)18(4-7-32)16-31-6-9-35-11-13-37-15-14-36-12-10-34-8-5-19(33)38-25-23(29)21(27)20(26)22(28)24(25)30;9-11-8(12-10)2-1-5-3-6(13)7(14)4-15-5;1-2/h16-17,31-32H,3-15H2,1-2H3;5-7,13-14H,1-4,9-10H2,(H,11,12);2H,1H2/b18-16-;;. The van der Waals surface area contributed by atoms with Gasteiger partial charge in [0.1, 0.15) is 11.9 Å². The summed E-state index contributed by atoms with van der Waals surface area (Å²) >= 11 is 0. The van der Waals surface area contributed by atoms with E-state index in [0.29, 0.717) is 77.0 Å². The molecule has 0 aromatic heterocycles. The average molecular weight is 805 g/mol. The molecule has 1 aromatic rings. The molecule has 0 aliphatic carbocycles. The van der Waals surface area contributed by atoms with Gasteiger partial charge in [-0.25, -0.2) is 19.0 Å². The maximum atomic E-state index is 13.5. The Bertz CT molecular complexity index is 1240. The first-order valence-corrected chi connectivity index (χ1v) is 17.5. The fourth-order valence-corrected chi connectivity index (χ4v) is 4.46. The molecular formula is C34H57F5N6O10. The van der Waals surface area contributed by atoms with Crippen LogP contribution >= 0.6 is 0 Å². The Balaban J connectivity index is 0.00000142. The lowest BCUT2D eigenvalue weighted by molar-refractivity contribution is -0.136. The normalized spacial score (nSPS) is 17.7. The highest BCUT2D eigenvalue weighted by molar-refractivity contribution is 5.81. The zero-order valence-corrected chi connectivity index (χ0v) is 31.3. The van der Waals surface area contributed by atoms with Crippen LogP contribution in [0.5, 0.6) is 5.75 Å². The number of aliphatic hydroxyl groups excluding tert-OH is 3. The van der Waals surface area contributed by atoms with Crippen LogP contribution in [0.2, 0.25) is 0 Å². The van der Waals surface area contributed by atoms with Crippen molar-refractivity contribution in [1.29, 1.82) is 5.41 Å². The number of hydrogen-bond donors (Lipinski definition) is 8. The summed E-state index contributed by atoms with van der Waals surface area (Å²) < 4.78 is 97.0. The number of aliphatic hydroxyl groups is 3. The maximum Gasteiger partial charge on any atom is 0.313 e. The highest BCUT2D eigenvalue weighted by Gasteiger charge is 2.29. The van der Waals surface area contributed by atoms with E-state index in [0.717, 1.165) is 6.42 Å². The largest absolute Gasteiger partial charge is 0.420 e. The number of nitrogens with one attached hydrogen (secondary N) is 3. The molecule has 0 bridgehead atoms. The zero-order chi connectivity index (χ0) is 41.6. The number of rotatable bonds is 24. The van der Waals surface area contributed by atoms with Gasteiger partial charge in [-0.05, 0) is 43.7 Å². The van der Waals surface area contributed by atoms with E-state index >= 15 is 0 Å². The van der Waals surface area contributed by atoms with Crippen molar-refractivity contribution >= 4 is 18.5 Å². The summed E-state index contributed by atoms with van der Waals surface area (Å²) in [5.41, 5.74) is 3.55. The molecule has 1 saturated heterocycles. The first-order valence-electron chi connectivity index (χ1n) is 17.5. The van der Waals surface area contributed by atoms with E-state index in [4.69, 9.17) is 45.9 Å². The second-order valence-electron chi connectivity index (χ2n) is 11.6. The zero-order valence-electron chi connectivity index (χ0n) is 31.3. The lowest BCUT2D eigenvalue weighted by Gasteiger charge is -2.30. The van der Waals surface area contributed by atoms with Crippen LogP contribution in [-0.2, 0) is 28.5 Å². The molecule has 2 rings (SSSR count). The number of carbonyl (C=O) groups excluding carboxylic acids is 1. The van der Waals surface area contributed by atoms with E-state index in [1.807, 2.05) is 6.20 Å². The fraction of sp³-hybridized carbons (Fsp3) is 0.676. The van der Waals surface area contributed by atoms with Gasteiger partial charge in [-0.2, -0.15) is 13.9 Å². The molecule has 1 aliphatic heterocycles. The van der Waals surface area contributed by atoms with Gasteiger partial charge >= 0.3 is 5.97 Å². The van der Waals surface area contributed by atoms with Crippen molar-refractivity contribution in [2.24, 2.45) is 22.7 Å². The summed E-state index contributed by atoms with van der Waals surface area (Å²) in [6.07, 6.45) is 3.17. The molecule has 4 atom stereocenters. The van der Waals surface area contributed by atoms with Gasteiger partial charge in [-0.15, -0.1) is 0 Å². The Morgan fingerprint density at radius 1 is 0.909 bits per heavy atom. The number of esters is 1. The molecule has 1 aliphatic rings. The molecule has 10 N–H and O–H groups in total. The molecule has 0 radical (unpaired) electrons. The van der Waals surface area contributed by atoms with Gasteiger partial charge < -0.3 is 65.7 Å². The molecular weight excluding hydrogens is 747 g/mol. The predicted molar refractivity (Wildman–Crippen MR) is 191 cm³/mol. The van der Waals surface area contributed by atoms with Crippen LogP contribution in [-0.4, -0.2) is 125 Å². The number of hydrazine groups is 1. The Hall–Kier alpha value is -3.54. The highest BCUT2D eigenvalue weighted by Crippen LogP contribution is 2.29. The molecule has 16 nitrogen and oxygen atoms in total. The van der Waals surface area contributed by atoms with Crippen LogP contribution in [0.3, 0.4) is 0 Å². The molecule has 0 spiro atoms. The lowest BCUT2D eigenvalue weighted by atomic mass is 9.97. The quantitative estimate of drug-likeness (QED) is 0.00712. The Labute approximate surface area is 317 Å². The van der Waals surface area contributed by atoms with Crippen LogP contribution in [0.1, 0.15) is 52.4 Å². The summed E-state index contributed by atoms with van der Waals surface area (Å²) in [5, 5.41) is 39.9. The second kappa shape index (κ2) is 31.6. The summed E-state index contributed by atoms with van der Waals surface area (Å²) in [4.78, 5) is 11.6. The van der Waals surface area contributed by atoms with E-state index < -0.39 is 59.4 Å². The summed E-state index contributed by atoms with van der Waals surface area (Å²) in [6.45, 7) is 9.66. The number of hydrogen-bond acceptors (Lipinski definition) is 15. The van der Waals surface area contributed by atoms with Gasteiger partial charge in [0.15, 0.2) is 0 Å². The average Bonchev–Trinajstić information content (AvgIpc) is 3.19. The first kappa shape index (κ1) is 51.5. The fourth-order valence-electron chi connectivity index (χ4n) is 4.46. The van der Waals surface area contributed by atoms with Gasteiger partial charge in [-0.3, -0.25) is 4.79 Å². The molecule has 318 valence electrons. The number of carbonyl (C=O) groups is 1. The van der Waals surface area contributed by atoms with E-state index in [1.165, 1.54) is 5.57 Å². The molecule has 1 fully saturated rings. The number of amidine groups is 1. The van der Waals surface area contributed by atoms with Crippen molar-refractivity contribution in [3.05, 3.63) is 40.9 Å². The number of ether oxygens (including phenoxy) is 6. The van der Waals surface area contributed by atoms with Gasteiger partial charge in [0.05, 0.1) is 78.1 Å². The van der Waals surface area contributed by atoms with Crippen LogP contribution in [0.4, 0.5) is 22.0 Å². The van der Waals surface area contributed by atoms with Gasteiger partial charge in [0.25, 0.3) is 0 Å². The van der Waals surface area contributed by atoms with Crippen LogP contribution < -0.4 is 27.2 Å². The van der Waals surface area contributed by atoms with Crippen molar-refractivity contribution in [3.8, 4) is 5.75 Å². The first-order chi connectivity index (χ1) is 26.4. The minimum Gasteiger partial charge on any atom is -0.420 e. The van der Waals surface area contributed by atoms with Gasteiger partial charge in [0, 0.05) is 26.0 Å². The van der Waals surface area contributed by atoms with E-state index in [-0.39, 0.29) is 39.1 Å². The molecule has 0 saturated carbocycles. The molecule has 1 aromatic carbocycles. The van der Waals surface area contributed by atoms with Crippen LogP contribution in [0.15, 0.2) is 16.9 Å². The summed E-state index contributed by atoms with van der Waals surface area (Å²) in [5.74, 6) is -2.97. The van der Waals surface area contributed by atoms with Crippen LogP contribution in [0.25, 0.3) is 0 Å². The van der Waals surface area contributed by atoms with Gasteiger partial charge in [-0.1, -0.05) is 13.8 Å². The number of nitrogens with two attached hydrogens (primary N) is 2. The minimum atomic E-state index is -2.34. The molecule has 55 heavy (non-hydrogen) atoms. The number of halogens is 5. The molecule has 4 unspecified atom stereocenters. The van der Waals surface area contributed by atoms with Crippen molar-refractivity contribution in [2.75, 3.05) is 72.6 Å². The van der Waals surface area contributed by atoms with Crippen molar-refractivity contribution in [3.63, 3.8) is 0 Å². The lowest BCUT2D eigenvalue weighted by Crippen LogP contribution is -2.41. The Kier molecular flexibility index (Phi) is 29.6. The topological polar surface area (TPSA) is 245 Å². The smallest absolute Gasteiger partial charge is 0.313 e. The third-order valence-electron chi connectivity index (χ3n) is 7.75.